The standard InChI is InChI=1S/C16H22ClFN8O2/c1-4-14(27)24-28-10-19-6-12(9-25(2)3)22-16-20-7-13(17)15(23-16)26-8-11(18)5-21-26/h4-5,7-8,12,19H,1,6,9-10H2,2-3H3,(H,24,27)(H,20,22,23). The molecule has 0 bridgehead atoms. The smallest absolute Gasteiger partial charge is 0.266 e. The lowest BCUT2D eigenvalue weighted by Crippen LogP contribution is -2.42. The molecule has 1 amide bonds. The number of rotatable bonds is 11. The predicted octanol–water partition coefficient (Wildman–Crippen LogP) is 0.578. The molecule has 28 heavy (non-hydrogen) atoms. The average Bonchev–Trinajstić information content (AvgIpc) is 3.08. The Kier molecular flexibility index (Phi) is 8.26. The van der Waals surface area contributed by atoms with Crippen LogP contribution in [0.15, 0.2) is 31.2 Å². The van der Waals surface area contributed by atoms with Crippen molar-refractivity contribution in [3.63, 3.8) is 0 Å². The molecule has 0 aliphatic carbocycles. The molecule has 3 N–H and O–H groups in total. The van der Waals surface area contributed by atoms with Crippen LogP contribution in [0.2, 0.25) is 5.02 Å². The molecular formula is C16H22ClFN8O2. The summed E-state index contributed by atoms with van der Waals surface area (Å²) in [5, 5.41) is 10.3. The first-order valence-corrected chi connectivity index (χ1v) is 8.66. The highest BCUT2D eigenvalue weighted by atomic mass is 35.5. The highest BCUT2D eigenvalue weighted by molar-refractivity contribution is 6.32. The number of amides is 1. The molecule has 0 aliphatic heterocycles. The van der Waals surface area contributed by atoms with Gasteiger partial charge in [0.05, 0.1) is 24.6 Å². The molecule has 1 unspecified atom stereocenters. The van der Waals surface area contributed by atoms with Gasteiger partial charge in [0.2, 0.25) is 5.95 Å². The molecule has 152 valence electrons. The second kappa shape index (κ2) is 10.7. The number of anilines is 1. The van der Waals surface area contributed by atoms with Crippen LogP contribution < -0.4 is 16.1 Å². The van der Waals surface area contributed by atoms with E-state index in [0.717, 1.165) is 12.3 Å². The van der Waals surface area contributed by atoms with Crippen LogP contribution in [0, 0.1) is 5.82 Å². The predicted molar refractivity (Wildman–Crippen MR) is 102 cm³/mol. The summed E-state index contributed by atoms with van der Waals surface area (Å²) in [6.07, 6.45) is 4.76. The van der Waals surface area contributed by atoms with E-state index in [2.05, 4.69) is 37.8 Å². The van der Waals surface area contributed by atoms with Crippen LogP contribution in [0.4, 0.5) is 10.3 Å². The van der Waals surface area contributed by atoms with Gasteiger partial charge >= 0.3 is 0 Å². The number of aromatic nitrogens is 4. The summed E-state index contributed by atoms with van der Waals surface area (Å²) < 4.78 is 14.5. The zero-order valence-electron chi connectivity index (χ0n) is 15.5. The van der Waals surface area contributed by atoms with Crippen molar-refractivity contribution >= 4 is 23.5 Å². The molecule has 0 spiro atoms. The van der Waals surface area contributed by atoms with Gasteiger partial charge in [-0.05, 0) is 20.2 Å². The monoisotopic (exact) mass is 412 g/mol. The summed E-state index contributed by atoms with van der Waals surface area (Å²) in [5.74, 6) is -0.357. The number of hydrogen-bond donors (Lipinski definition) is 3. The van der Waals surface area contributed by atoms with Crippen LogP contribution in [0.5, 0.6) is 0 Å². The molecule has 2 rings (SSSR count). The zero-order valence-corrected chi connectivity index (χ0v) is 16.3. The Bertz CT molecular complexity index is 801. The van der Waals surface area contributed by atoms with Crippen molar-refractivity contribution in [2.45, 2.75) is 6.04 Å². The number of carbonyl (C=O) groups excluding carboxylic acids is 1. The van der Waals surface area contributed by atoms with Crippen molar-refractivity contribution < 1.29 is 14.0 Å². The van der Waals surface area contributed by atoms with E-state index < -0.39 is 11.7 Å². The van der Waals surface area contributed by atoms with E-state index in [4.69, 9.17) is 16.4 Å². The van der Waals surface area contributed by atoms with E-state index in [-0.39, 0.29) is 23.6 Å². The fourth-order valence-electron chi connectivity index (χ4n) is 2.22. The fourth-order valence-corrected chi connectivity index (χ4v) is 2.40. The zero-order chi connectivity index (χ0) is 20.5. The Labute approximate surface area is 166 Å². The van der Waals surface area contributed by atoms with Gasteiger partial charge in [-0.2, -0.15) is 10.1 Å². The number of nitrogens with one attached hydrogen (secondary N) is 3. The van der Waals surface area contributed by atoms with Crippen LogP contribution >= 0.6 is 11.6 Å². The summed E-state index contributed by atoms with van der Waals surface area (Å²) in [5.41, 5.74) is 2.20. The summed E-state index contributed by atoms with van der Waals surface area (Å²) in [7, 11) is 3.85. The molecule has 2 heterocycles. The van der Waals surface area contributed by atoms with Crippen molar-refractivity contribution in [1.82, 2.24) is 35.4 Å². The Balaban J connectivity index is 1.99. The van der Waals surface area contributed by atoms with Crippen molar-refractivity contribution in [2.75, 3.05) is 39.2 Å². The molecule has 1 atom stereocenters. The maximum atomic E-state index is 13.2. The van der Waals surface area contributed by atoms with E-state index in [9.17, 15) is 9.18 Å². The molecule has 0 saturated carbocycles. The van der Waals surface area contributed by atoms with Crippen molar-refractivity contribution in [2.24, 2.45) is 0 Å². The van der Waals surface area contributed by atoms with Crippen LogP contribution in [-0.4, -0.2) is 70.5 Å². The molecule has 0 aromatic carbocycles. The van der Waals surface area contributed by atoms with E-state index in [1.807, 2.05) is 19.0 Å². The molecule has 10 nitrogen and oxygen atoms in total. The molecule has 12 heteroatoms. The van der Waals surface area contributed by atoms with Gasteiger partial charge < -0.3 is 10.2 Å². The second-order valence-electron chi connectivity index (χ2n) is 5.99. The van der Waals surface area contributed by atoms with Crippen LogP contribution in [0.25, 0.3) is 5.82 Å². The van der Waals surface area contributed by atoms with Gasteiger partial charge in [0, 0.05) is 13.1 Å². The van der Waals surface area contributed by atoms with Gasteiger partial charge in [0.1, 0.15) is 11.8 Å². The molecular weight excluding hydrogens is 391 g/mol. The topological polar surface area (TPSA) is 109 Å². The van der Waals surface area contributed by atoms with Gasteiger partial charge in [-0.3, -0.25) is 14.9 Å². The van der Waals surface area contributed by atoms with Gasteiger partial charge in [-0.1, -0.05) is 18.2 Å². The number of hydrogen-bond acceptors (Lipinski definition) is 8. The summed E-state index contributed by atoms with van der Waals surface area (Å²) >= 11 is 6.10. The first-order chi connectivity index (χ1) is 13.4. The minimum Gasteiger partial charge on any atom is -0.349 e. The Morgan fingerprint density at radius 3 is 2.93 bits per heavy atom. The Morgan fingerprint density at radius 2 is 2.29 bits per heavy atom. The minimum absolute atomic E-state index is 0.0999. The summed E-state index contributed by atoms with van der Waals surface area (Å²) in [4.78, 5) is 26.4. The lowest BCUT2D eigenvalue weighted by Gasteiger charge is -2.23. The molecule has 0 radical (unpaired) electrons. The first-order valence-electron chi connectivity index (χ1n) is 8.28. The normalized spacial score (nSPS) is 12.0. The minimum atomic E-state index is -0.498. The van der Waals surface area contributed by atoms with Gasteiger partial charge in [-0.15, -0.1) is 0 Å². The molecule has 2 aromatic heterocycles. The Hall–Kier alpha value is -2.60. The van der Waals surface area contributed by atoms with Gasteiger partial charge in [-0.25, -0.2) is 19.5 Å². The number of nitrogens with zero attached hydrogens (tertiary/aromatic N) is 5. The third-order valence-electron chi connectivity index (χ3n) is 3.34. The second-order valence-corrected chi connectivity index (χ2v) is 6.39. The van der Waals surface area contributed by atoms with E-state index in [1.54, 1.807) is 0 Å². The van der Waals surface area contributed by atoms with Crippen molar-refractivity contribution in [3.8, 4) is 5.82 Å². The number of hydroxylamine groups is 1. The summed E-state index contributed by atoms with van der Waals surface area (Å²) in [6, 6.07) is -0.0999. The van der Waals surface area contributed by atoms with Crippen LogP contribution in [-0.2, 0) is 9.63 Å². The summed E-state index contributed by atoms with van der Waals surface area (Å²) in [6.45, 7) is 4.57. The quantitative estimate of drug-likeness (QED) is 0.213. The first kappa shape index (κ1) is 21.7. The molecule has 0 aliphatic rings. The Morgan fingerprint density at radius 1 is 1.50 bits per heavy atom. The van der Waals surface area contributed by atoms with Crippen molar-refractivity contribution in [3.05, 3.63) is 42.1 Å². The highest BCUT2D eigenvalue weighted by Crippen LogP contribution is 2.18. The lowest BCUT2D eigenvalue weighted by molar-refractivity contribution is -0.129. The molecule has 0 saturated heterocycles. The number of likely N-dealkylation sites (N-methyl/N-ethyl adjacent to an activating group) is 1. The highest BCUT2D eigenvalue weighted by Gasteiger charge is 2.14. The molecule has 2 aromatic rings. The maximum Gasteiger partial charge on any atom is 0.266 e. The van der Waals surface area contributed by atoms with Gasteiger partial charge in [0.25, 0.3) is 5.91 Å². The van der Waals surface area contributed by atoms with Crippen molar-refractivity contribution in [1.29, 1.82) is 0 Å². The van der Waals surface area contributed by atoms with E-state index in [0.29, 0.717) is 19.0 Å². The third-order valence-corrected chi connectivity index (χ3v) is 3.60. The largest absolute Gasteiger partial charge is 0.349 e. The number of carbonyl (C=O) groups is 1. The average molecular weight is 413 g/mol. The number of halogens is 2. The maximum absolute atomic E-state index is 13.2. The van der Waals surface area contributed by atoms with E-state index in [1.165, 1.54) is 17.1 Å². The lowest BCUT2D eigenvalue weighted by atomic mass is 10.3. The molecule has 0 fully saturated rings. The van der Waals surface area contributed by atoms with Gasteiger partial charge in [0.15, 0.2) is 11.6 Å². The van der Waals surface area contributed by atoms with Crippen LogP contribution in [0.1, 0.15) is 0 Å². The SMILES string of the molecule is C=CC(=O)NOCNCC(CN(C)C)Nc1ncc(Cl)c(-n2cc(F)cn2)n1. The fraction of sp³-hybridized carbons (Fsp3) is 0.375. The third kappa shape index (κ3) is 6.85. The van der Waals surface area contributed by atoms with Crippen LogP contribution in [0.3, 0.4) is 0 Å². The van der Waals surface area contributed by atoms with E-state index >= 15 is 0 Å².